The van der Waals surface area contributed by atoms with Gasteiger partial charge in [-0.25, -0.2) is 15.0 Å². The van der Waals surface area contributed by atoms with Gasteiger partial charge in [-0.15, -0.1) is 0 Å². The molecular formula is C26H44N6. The smallest absolute Gasteiger partial charge is 0.160 e. The molecule has 0 aromatic carbocycles. The van der Waals surface area contributed by atoms with Crippen LogP contribution in [0, 0.1) is 6.92 Å². The molecule has 0 amide bonds. The number of hydrogen-bond donors (Lipinski definition) is 3. The average molecular weight is 441 g/mol. The molecule has 0 bridgehead atoms. The minimum atomic E-state index is 0.529. The van der Waals surface area contributed by atoms with Crippen LogP contribution in [0.5, 0.6) is 0 Å². The molecule has 6 heteroatoms. The standard InChI is InChI=1S/C26H44N6/c1-3-4-5-6-7-8-9-10-11-12-13-14-15-16-20-28-25-24(27)26(30-21-29-25)32-23-19-17-18-22(2)31-23/h17-19,21H,3-16,20,27H2,1-2H3,(H2,28,29,30,31,32). The van der Waals surface area contributed by atoms with Crippen molar-refractivity contribution in [3.05, 3.63) is 30.2 Å². The van der Waals surface area contributed by atoms with E-state index in [4.69, 9.17) is 5.73 Å². The Morgan fingerprint density at radius 2 is 1.31 bits per heavy atom. The van der Waals surface area contributed by atoms with Gasteiger partial charge in [-0.3, -0.25) is 0 Å². The number of nitrogens with one attached hydrogen (secondary N) is 2. The van der Waals surface area contributed by atoms with Crippen LogP contribution in [0.15, 0.2) is 24.5 Å². The van der Waals surface area contributed by atoms with Crippen molar-refractivity contribution in [1.29, 1.82) is 0 Å². The molecule has 2 aromatic rings. The van der Waals surface area contributed by atoms with Gasteiger partial charge in [0.1, 0.15) is 17.8 Å². The van der Waals surface area contributed by atoms with Gasteiger partial charge in [0.25, 0.3) is 0 Å². The molecule has 0 fully saturated rings. The van der Waals surface area contributed by atoms with Gasteiger partial charge >= 0.3 is 0 Å². The lowest BCUT2D eigenvalue weighted by Gasteiger charge is -2.12. The first-order valence-corrected chi connectivity index (χ1v) is 12.8. The summed E-state index contributed by atoms with van der Waals surface area (Å²) in [4.78, 5) is 13.0. The lowest BCUT2D eigenvalue weighted by molar-refractivity contribution is 0.537. The third kappa shape index (κ3) is 10.8. The Labute approximate surface area is 195 Å². The molecule has 0 atom stereocenters. The summed E-state index contributed by atoms with van der Waals surface area (Å²) in [7, 11) is 0. The molecule has 0 radical (unpaired) electrons. The molecular weight excluding hydrogens is 396 g/mol. The molecule has 0 aliphatic carbocycles. The number of pyridine rings is 1. The van der Waals surface area contributed by atoms with Crippen LogP contribution in [0.3, 0.4) is 0 Å². The van der Waals surface area contributed by atoms with Gasteiger partial charge in [0, 0.05) is 12.2 Å². The average Bonchev–Trinajstić information content (AvgIpc) is 2.79. The second-order valence-corrected chi connectivity index (χ2v) is 8.80. The number of unbranched alkanes of at least 4 members (excludes halogenated alkanes) is 13. The van der Waals surface area contributed by atoms with Gasteiger partial charge in [0.2, 0.25) is 0 Å². The van der Waals surface area contributed by atoms with Crippen LogP contribution in [0.25, 0.3) is 0 Å². The number of anilines is 4. The van der Waals surface area contributed by atoms with Crippen molar-refractivity contribution < 1.29 is 0 Å². The van der Waals surface area contributed by atoms with Crippen LogP contribution in [-0.2, 0) is 0 Å². The first-order valence-electron chi connectivity index (χ1n) is 12.8. The van der Waals surface area contributed by atoms with Crippen molar-refractivity contribution in [2.24, 2.45) is 0 Å². The maximum atomic E-state index is 6.25. The highest BCUT2D eigenvalue weighted by molar-refractivity contribution is 5.76. The maximum absolute atomic E-state index is 6.25. The quantitative estimate of drug-likeness (QED) is 0.209. The van der Waals surface area contributed by atoms with Crippen LogP contribution in [-0.4, -0.2) is 21.5 Å². The van der Waals surface area contributed by atoms with E-state index in [0.29, 0.717) is 17.3 Å². The van der Waals surface area contributed by atoms with Crippen molar-refractivity contribution in [1.82, 2.24) is 15.0 Å². The molecule has 32 heavy (non-hydrogen) atoms. The van der Waals surface area contributed by atoms with Gasteiger partial charge in [0.15, 0.2) is 11.6 Å². The summed E-state index contributed by atoms with van der Waals surface area (Å²) in [6, 6.07) is 5.81. The lowest BCUT2D eigenvalue weighted by atomic mass is 10.0. The first-order chi connectivity index (χ1) is 15.7. The van der Waals surface area contributed by atoms with Gasteiger partial charge in [0.05, 0.1) is 0 Å². The zero-order chi connectivity index (χ0) is 22.9. The second kappa shape index (κ2) is 16.3. The van der Waals surface area contributed by atoms with E-state index in [-0.39, 0.29) is 0 Å². The van der Waals surface area contributed by atoms with Gasteiger partial charge in [-0.1, -0.05) is 96.5 Å². The highest BCUT2D eigenvalue weighted by Crippen LogP contribution is 2.25. The number of rotatable bonds is 18. The monoisotopic (exact) mass is 440 g/mol. The first kappa shape index (κ1) is 25.9. The Morgan fingerprint density at radius 3 is 1.91 bits per heavy atom. The van der Waals surface area contributed by atoms with Gasteiger partial charge in [-0.05, 0) is 25.5 Å². The van der Waals surface area contributed by atoms with E-state index in [9.17, 15) is 0 Å². The van der Waals surface area contributed by atoms with E-state index < -0.39 is 0 Å². The summed E-state index contributed by atoms with van der Waals surface area (Å²) >= 11 is 0. The highest BCUT2D eigenvalue weighted by atomic mass is 15.1. The minimum Gasteiger partial charge on any atom is -0.393 e. The SMILES string of the molecule is CCCCCCCCCCCCCCCCNc1ncnc(Nc2cccc(C)n2)c1N. The zero-order valence-corrected chi connectivity index (χ0v) is 20.3. The number of nitrogens with two attached hydrogens (primary N) is 1. The van der Waals surface area contributed by atoms with Crippen molar-refractivity contribution in [3.63, 3.8) is 0 Å². The Bertz CT molecular complexity index is 749. The predicted molar refractivity (Wildman–Crippen MR) is 138 cm³/mol. The lowest BCUT2D eigenvalue weighted by Crippen LogP contribution is -2.09. The van der Waals surface area contributed by atoms with Crippen molar-refractivity contribution in [2.75, 3.05) is 22.9 Å². The third-order valence-electron chi connectivity index (χ3n) is 5.84. The number of nitrogen functional groups attached to an aromatic ring is 1. The molecule has 4 N–H and O–H groups in total. The van der Waals surface area contributed by atoms with Gasteiger partial charge < -0.3 is 16.4 Å². The third-order valence-corrected chi connectivity index (χ3v) is 5.84. The molecule has 6 nitrogen and oxygen atoms in total. The van der Waals surface area contributed by atoms with Crippen LogP contribution in [0.4, 0.5) is 23.1 Å². The molecule has 2 heterocycles. The summed E-state index contributed by atoms with van der Waals surface area (Å²) < 4.78 is 0. The van der Waals surface area contributed by atoms with Crippen LogP contribution in [0.1, 0.15) is 103 Å². The maximum Gasteiger partial charge on any atom is 0.160 e. The Hall–Kier alpha value is -2.37. The van der Waals surface area contributed by atoms with E-state index in [1.807, 2.05) is 25.1 Å². The van der Waals surface area contributed by atoms with E-state index in [1.165, 1.54) is 89.8 Å². The fourth-order valence-electron chi connectivity index (χ4n) is 3.90. The van der Waals surface area contributed by atoms with Crippen LogP contribution >= 0.6 is 0 Å². The number of hydrogen-bond acceptors (Lipinski definition) is 6. The Kier molecular flexibility index (Phi) is 13.2. The normalized spacial score (nSPS) is 10.9. The van der Waals surface area contributed by atoms with Crippen LogP contribution < -0.4 is 16.4 Å². The second-order valence-electron chi connectivity index (χ2n) is 8.80. The summed E-state index contributed by atoms with van der Waals surface area (Å²) in [6.07, 6.45) is 20.7. The largest absolute Gasteiger partial charge is 0.393 e. The molecule has 178 valence electrons. The van der Waals surface area contributed by atoms with Gasteiger partial charge in [-0.2, -0.15) is 0 Å². The number of aryl methyl sites for hydroxylation is 1. The zero-order valence-electron chi connectivity index (χ0n) is 20.3. The fourth-order valence-corrected chi connectivity index (χ4v) is 3.90. The molecule has 0 spiro atoms. The van der Waals surface area contributed by atoms with Crippen molar-refractivity contribution in [3.8, 4) is 0 Å². The van der Waals surface area contributed by atoms with E-state index >= 15 is 0 Å². The molecule has 2 rings (SSSR count). The minimum absolute atomic E-state index is 0.529. The number of aromatic nitrogens is 3. The molecule has 0 aliphatic rings. The van der Waals surface area contributed by atoms with E-state index in [2.05, 4.69) is 32.5 Å². The molecule has 0 unspecified atom stereocenters. The van der Waals surface area contributed by atoms with Crippen molar-refractivity contribution in [2.45, 2.75) is 104 Å². The topological polar surface area (TPSA) is 88.8 Å². The summed E-state index contributed by atoms with van der Waals surface area (Å²) in [5, 5.41) is 6.54. The van der Waals surface area contributed by atoms with E-state index in [1.54, 1.807) is 0 Å². The van der Waals surface area contributed by atoms with Crippen molar-refractivity contribution >= 4 is 23.1 Å². The highest BCUT2D eigenvalue weighted by Gasteiger charge is 2.08. The summed E-state index contributed by atoms with van der Waals surface area (Å²) in [5.74, 6) is 2.00. The molecule has 0 aliphatic heterocycles. The Morgan fingerprint density at radius 1 is 0.750 bits per heavy atom. The molecule has 0 saturated heterocycles. The molecule has 0 saturated carbocycles. The summed E-state index contributed by atoms with van der Waals surface area (Å²) in [6.45, 7) is 5.11. The number of nitrogens with zero attached hydrogens (tertiary/aromatic N) is 3. The summed E-state index contributed by atoms with van der Waals surface area (Å²) in [5.41, 5.74) is 7.72. The fraction of sp³-hybridized carbons (Fsp3) is 0.654. The predicted octanol–water partition coefficient (Wildman–Crippen LogP) is 7.40. The van der Waals surface area contributed by atoms with Crippen LogP contribution in [0.2, 0.25) is 0 Å². The molecule has 2 aromatic heterocycles. The van der Waals surface area contributed by atoms with E-state index in [0.717, 1.165) is 24.5 Å². The Balaban J connectivity index is 1.51.